The van der Waals surface area contributed by atoms with Crippen LogP contribution in [0.1, 0.15) is 56.8 Å². The van der Waals surface area contributed by atoms with Crippen molar-refractivity contribution in [3.63, 3.8) is 0 Å². The Morgan fingerprint density at radius 2 is 1.68 bits per heavy atom. The Balaban J connectivity index is 0.772. The summed E-state index contributed by atoms with van der Waals surface area (Å²) in [6, 6.07) is 11.9. The van der Waals surface area contributed by atoms with Crippen LogP contribution in [0.4, 0.5) is 27.7 Å². The zero-order valence-corrected chi connectivity index (χ0v) is 32.3. The van der Waals surface area contributed by atoms with E-state index in [-0.39, 0.29) is 52.1 Å². The van der Waals surface area contributed by atoms with Crippen molar-refractivity contribution in [2.24, 2.45) is 5.41 Å². The number of likely N-dealkylation sites (tertiary alicyclic amines) is 1. The number of hydrogen-bond donors (Lipinski definition) is 3. The van der Waals surface area contributed by atoms with E-state index in [1.165, 1.54) is 24.4 Å². The summed E-state index contributed by atoms with van der Waals surface area (Å²) in [6.07, 6.45) is 6.93. The number of nitrogens with one attached hydrogen (secondary N) is 2. The number of nitrogen functional groups attached to an aromatic ring is 1. The van der Waals surface area contributed by atoms with Crippen LogP contribution < -0.4 is 26.2 Å². The third-order valence-electron chi connectivity index (χ3n) is 12.4. The van der Waals surface area contributed by atoms with Gasteiger partial charge < -0.3 is 20.9 Å². The Morgan fingerprint density at radius 1 is 0.915 bits per heavy atom. The Kier molecular flexibility index (Phi) is 8.64. The summed E-state index contributed by atoms with van der Waals surface area (Å²) >= 11 is 6.01. The number of hydrogen-bond acceptors (Lipinski definition) is 12. The molecule has 4 fully saturated rings. The first-order valence-electron chi connectivity index (χ1n) is 19.4. The third-order valence-corrected chi connectivity index (χ3v) is 12.6. The maximum absolute atomic E-state index is 15.8. The minimum Gasteiger partial charge on any atom is -0.382 e. The molecule has 8 heterocycles. The van der Waals surface area contributed by atoms with Crippen LogP contribution in [0.15, 0.2) is 67.1 Å². The number of halogens is 2. The van der Waals surface area contributed by atoms with Crippen molar-refractivity contribution in [2.45, 2.75) is 37.8 Å². The number of amides is 5. The number of imide groups is 2. The van der Waals surface area contributed by atoms with Crippen LogP contribution in [0, 0.1) is 11.2 Å². The van der Waals surface area contributed by atoms with Crippen LogP contribution in [0.25, 0.3) is 16.8 Å². The molecule has 4 saturated heterocycles. The maximum atomic E-state index is 15.8. The van der Waals surface area contributed by atoms with Gasteiger partial charge in [0.2, 0.25) is 17.8 Å². The first-order chi connectivity index (χ1) is 28.4. The molecule has 1 atom stereocenters. The molecule has 10 rings (SSSR count). The van der Waals surface area contributed by atoms with Crippen molar-refractivity contribution >= 4 is 69.9 Å². The number of fused-ring (bicyclic) bond motifs is 2. The molecule has 0 bridgehead atoms. The Bertz CT molecular complexity index is 2630. The number of anilines is 4. The molecule has 1 unspecified atom stereocenters. The lowest BCUT2D eigenvalue weighted by atomic mass is 9.71. The van der Waals surface area contributed by atoms with Gasteiger partial charge in [0, 0.05) is 92.2 Å². The molecule has 0 radical (unpaired) electrons. The van der Waals surface area contributed by atoms with Crippen LogP contribution in [0.3, 0.4) is 0 Å². The lowest BCUT2D eigenvalue weighted by Crippen LogP contribution is -2.70. The van der Waals surface area contributed by atoms with E-state index < -0.39 is 41.4 Å². The van der Waals surface area contributed by atoms with Gasteiger partial charge >= 0.3 is 0 Å². The number of nitrogens with two attached hydrogens (primary N) is 1. The van der Waals surface area contributed by atoms with Crippen LogP contribution in [-0.2, 0) is 9.59 Å². The lowest BCUT2D eigenvalue weighted by Gasteiger charge is -2.60. The Labute approximate surface area is 341 Å². The molecule has 2 aromatic carbocycles. The lowest BCUT2D eigenvalue weighted by molar-refractivity contribution is -0.136. The van der Waals surface area contributed by atoms with E-state index in [1.807, 2.05) is 10.5 Å². The molecule has 18 heteroatoms. The molecular formula is C41H37ClFN11O5. The molecule has 5 aliphatic heterocycles. The molecule has 5 aliphatic rings. The van der Waals surface area contributed by atoms with Gasteiger partial charge in [-0.25, -0.2) is 19.3 Å². The van der Waals surface area contributed by atoms with E-state index in [1.54, 1.807) is 30.6 Å². The smallest absolute Gasteiger partial charge is 0.262 e. The molecule has 0 saturated carbocycles. The fourth-order valence-corrected chi connectivity index (χ4v) is 9.25. The van der Waals surface area contributed by atoms with Crippen molar-refractivity contribution in [1.82, 2.24) is 34.5 Å². The van der Waals surface area contributed by atoms with Gasteiger partial charge in [0.05, 0.1) is 11.1 Å². The van der Waals surface area contributed by atoms with Gasteiger partial charge in [-0.1, -0.05) is 11.6 Å². The van der Waals surface area contributed by atoms with Gasteiger partial charge in [0.15, 0.2) is 0 Å². The van der Waals surface area contributed by atoms with Gasteiger partial charge in [-0.2, -0.15) is 0 Å². The van der Waals surface area contributed by atoms with E-state index in [9.17, 15) is 24.0 Å². The second-order valence-electron chi connectivity index (χ2n) is 15.9. The number of aromatic nitrogens is 4. The third kappa shape index (κ3) is 6.23. The molecule has 59 heavy (non-hydrogen) atoms. The summed E-state index contributed by atoms with van der Waals surface area (Å²) in [4.78, 5) is 84.6. The molecule has 1 spiro atoms. The van der Waals surface area contributed by atoms with Crippen LogP contribution in [-0.4, -0.2) is 110 Å². The summed E-state index contributed by atoms with van der Waals surface area (Å²) in [5.41, 5.74) is 9.06. The Morgan fingerprint density at radius 3 is 2.42 bits per heavy atom. The maximum Gasteiger partial charge on any atom is 0.262 e. The highest BCUT2D eigenvalue weighted by Crippen LogP contribution is 2.45. The van der Waals surface area contributed by atoms with Crippen molar-refractivity contribution in [3.8, 4) is 11.3 Å². The number of nitrogens with zero attached hydrogens (tertiary/aromatic N) is 8. The first-order valence-corrected chi connectivity index (χ1v) is 19.8. The summed E-state index contributed by atoms with van der Waals surface area (Å²) in [5, 5.41) is 5.27. The molecule has 5 amide bonds. The largest absolute Gasteiger partial charge is 0.382 e. The van der Waals surface area contributed by atoms with Crippen molar-refractivity contribution < 1.29 is 28.4 Å². The first kappa shape index (κ1) is 36.9. The fraction of sp³-hybridized carbons (Fsp3) is 0.317. The highest BCUT2D eigenvalue weighted by atomic mass is 35.5. The number of imidazole rings is 1. The van der Waals surface area contributed by atoms with Crippen molar-refractivity contribution in [1.29, 1.82) is 0 Å². The molecule has 5 aromatic rings. The van der Waals surface area contributed by atoms with Gasteiger partial charge in [-0.05, 0) is 73.2 Å². The van der Waals surface area contributed by atoms with Gasteiger partial charge in [0.25, 0.3) is 17.7 Å². The SMILES string of the molecule is Nc1nccn2c(N3CCC4(CC3)CN(C3CN(c5ccc6c(c5)C(=O)N(C5CCC(=O)NC5=O)C6=O)C3)C4)nc(-c3ccc(C(=O)Nc4cc(Cl)ccn4)cc3F)c12. The van der Waals surface area contributed by atoms with E-state index in [0.717, 1.165) is 68.8 Å². The predicted octanol–water partition coefficient (Wildman–Crippen LogP) is 3.61. The predicted molar refractivity (Wildman–Crippen MR) is 215 cm³/mol. The molecular weight excluding hydrogens is 781 g/mol. The van der Waals surface area contributed by atoms with E-state index >= 15 is 4.39 Å². The molecule has 0 aliphatic carbocycles. The summed E-state index contributed by atoms with van der Waals surface area (Å²) < 4.78 is 17.7. The quantitative estimate of drug-likeness (QED) is 0.203. The molecule has 3 aromatic heterocycles. The van der Waals surface area contributed by atoms with E-state index in [4.69, 9.17) is 22.3 Å². The monoisotopic (exact) mass is 817 g/mol. The number of pyridine rings is 1. The average molecular weight is 818 g/mol. The number of carbonyl (C=O) groups excluding carboxylic acids is 5. The van der Waals surface area contributed by atoms with Crippen LogP contribution in [0.2, 0.25) is 5.02 Å². The second-order valence-corrected chi connectivity index (χ2v) is 16.4. The van der Waals surface area contributed by atoms with E-state index in [2.05, 4.69) is 35.3 Å². The summed E-state index contributed by atoms with van der Waals surface area (Å²) in [6.45, 7) is 5.03. The van der Waals surface area contributed by atoms with Crippen molar-refractivity contribution in [3.05, 3.63) is 94.7 Å². The minimum absolute atomic E-state index is 0.0742. The summed E-state index contributed by atoms with van der Waals surface area (Å²) in [5.74, 6) is -2.12. The standard InChI is InChI=1S/C41H37ClFN11O5/c42-23-7-10-45-31(16-23)47-36(56)22-1-3-27(29(43)15-22)33-34-35(44)46-11-14-53(34)40(49-33)50-12-8-41(9-13-50)20-52(21-41)25-18-51(19-25)24-2-4-26-28(17-24)39(59)54(38(26)58)30-5-6-32(55)48-37(30)57/h1-4,7,10-11,14-17,25,30H,5-6,8-9,12-13,18-21H2,(H2,44,46)(H,45,47,56)(H,48,55,57). The normalized spacial score (nSPS) is 20.5. The van der Waals surface area contributed by atoms with Crippen molar-refractivity contribution in [2.75, 3.05) is 60.1 Å². The molecule has 16 nitrogen and oxygen atoms in total. The summed E-state index contributed by atoms with van der Waals surface area (Å²) in [7, 11) is 0. The van der Waals surface area contributed by atoms with E-state index in [0.29, 0.717) is 28.2 Å². The zero-order chi connectivity index (χ0) is 40.7. The number of benzene rings is 2. The number of rotatable bonds is 7. The van der Waals surface area contributed by atoms with Gasteiger partial charge in [-0.3, -0.25) is 43.5 Å². The zero-order valence-electron chi connectivity index (χ0n) is 31.5. The van der Waals surface area contributed by atoms with Crippen LogP contribution in [0.5, 0.6) is 0 Å². The highest BCUT2D eigenvalue weighted by Gasteiger charge is 2.50. The number of piperidine rings is 2. The second kappa shape index (κ2) is 13.8. The van der Waals surface area contributed by atoms with Gasteiger partial charge in [-0.15, -0.1) is 0 Å². The Hall–Kier alpha value is -6.46. The highest BCUT2D eigenvalue weighted by molar-refractivity contribution is 6.30. The number of carbonyl (C=O) groups is 5. The molecule has 300 valence electrons. The minimum atomic E-state index is -0.995. The van der Waals surface area contributed by atoms with Gasteiger partial charge in [0.1, 0.15) is 34.7 Å². The topological polar surface area (TPSA) is 191 Å². The molecule has 4 N–H and O–H groups in total. The fourth-order valence-electron chi connectivity index (χ4n) is 9.09. The van der Waals surface area contributed by atoms with Crippen LogP contribution >= 0.6 is 11.6 Å². The average Bonchev–Trinajstić information content (AvgIpc) is 3.69.